The largest absolute Gasteiger partial charge is 0.481 e. The number of rotatable bonds is 9. The maximum absolute atomic E-state index is 11.5. The molecule has 0 unspecified atom stereocenters. The molecule has 0 aliphatic heterocycles. The van der Waals surface area contributed by atoms with Crippen molar-refractivity contribution in [1.29, 1.82) is 0 Å². The van der Waals surface area contributed by atoms with Crippen molar-refractivity contribution >= 4 is 11.9 Å². The number of ether oxygens (including phenoxy) is 1. The number of nitrogens with one attached hydrogen (secondary N) is 1. The van der Waals surface area contributed by atoms with Gasteiger partial charge in [0, 0.05) is 25.0 Å². The van der Waals surface area contributed by atoms with E-state index in [1.807, 2.05) is 20.8 Å². The lowest BCUT2D eigenvalue weighted by Gasteiger charge is -2.25. The Kier molecular flexibility index (Phi) is 7.54. The summed E-state index contributed by atoms with van der Waals surface area (Å²) >= 11 is 0. The zero-order valence-corrected chi connectivity index (χ0v) is 10.9. The summed E-state index contributed by atoms with van der Waals surface area (Å²) in [6, 6.07) is 0. The summed E-state index contributed by atoms with van der Waals surface area (Å²) in [6.07, 6.45) is 1.73. The quantitative estimate of drug-likeness (QED) is 0.604. The molecule has 100 valence electrons. The van der Waals surface area contributed by atoms with Crippen molar-refractivity contribution in [3.05, 3.63) is 0 Å². The molecule has 17 heavy (non-hydrogen) atoms. The van der Waals surface area contributed by atoms with Gasteiger partial charge in [0.15, 0.2) is 0 Å². The molecule has 0 aromatic carbocycles. The van der Waals surface area contributed by atoms with Gasteiger partial charge in [-0.3, -0.25) is 9.59 Å². The molecule has 0 bridgehead atoms. The van der Waals surface area contributed by atoms with E-state index in [0.29, 0.717) is 26.1 Å². The fraction of sp³-hybridized carbons (Fsp3) is 0.833. The van der Waals surface area contributed by atoms with Crippen LogP contribution in [0.1, 0.15) is 46.5 Å². The van der Waals surface area contributed by atoms with Gasteiger partial charge in [-0.1, -0.05) is 6.92 Å². The Morgan fingerprint density at radius 2 is 1.88 bits per heavy atom. The molecule has 5 heteroatoms. The first-order valence-electron chi connectivity index (χ1n) is 5.98. The highest BCUT2D eigenvalue weighted by Crippen LogP contribution is 2.11. The van der Waals surface area contributed by atoms with Gasteiger partial charge in [0.1, 0.15) is 0 Å². The summed E-state index contributed by atoms with van der Waals surface area (Å²) in [5.41, 5.74) is -0.486. The van der Waals surface area contributed by atoms with Crippen LogP contribution in [0.2, 0.25) is 0 Å². The molecule has 0 saturated carbocycles. The third-order valence-electron chi connectivity index (χ3n) is 2.26. The molecule has 0 aromatic rings. The van der Waals surface area contributed by atoms with Crippen molar-refractivity contribution in [3.63, 3.8) is 0 Å². The van der Waals surface area contributed by atoms with Crippen LogP contribution in [0, 0.1) is 0 Å². The lowest BCUT2D eigenvalue weighted by atomic mass is 9.98. The Morgan fingerprint density at radius 1 is 1.24 bits per heavy atom. The van der Waals surface area contributed by atoms with E-state index >= 15 is 0 Å². The van der Waals surface area contributed by atoms with Crippen molar-refractivity contribution in [2.24, 2.45) is 0 Å². The number of carbonyl (C=O) groups is 2. The Labute approximate surface area is 103 Å². The van der Waals surface area contributed by atoms with E-state index in [4.69, 9.17) is 9.84 Å². The molecular formula is C12H23NO4. The molecule has 0 fully saturated rings. The molecule has 0 heterocycles. The van der Waals surface area contributed by atoms with Gasteiger partial charge >= 0.3 is 5.97 Å². The number of carboxylic acid groups (broad SMARTS) is 1. The van der Waals surface area contributed by atoms with E-state index in [0.717, 1.165) is 6.42 Å². The molecule has 0 atom stereocenters. The van der Waals surface area contributed by atoms with Gasteiger partial charge in [-0.15, -0.1) is 0 Å². The van der Waals surface area contributed by atoms with E-state index in [1.54, 1.807) is 0 Å². The predicted molar refractivity (Wildman–Crippen MR) is 64.8 cm³/mol. The van der Waals surface area contributed by atoms with E-state index in [-0.39, 0.29) is 12.3 Å². The number of amides is 1. The second-order valence-corrected chi connectivity index (χ2v) is 4.69. The van der Waals surface area contributed by atoms with Crippen LogP contribution in [0.4, 0.5) is 0 Å². The maximum Gasteiger partial charge on any atom is 0.303 e. The number of aliphatic carboxylic acids is 1. The first kappa shape index (κ1) is 15.9. The Hall–Kier alpha value is -1.10. The van der Waals surface area contributed by atoms with E-state index in [2.05, 4.69) is 5.32 Å². The SMILES string of the molecule is CCCOCCC(=O)NC(C)(C)CCC(=O)O. The Bertz CT molecular complexity index is 251. The van der Waals surface area contributed by atoms with Gasteiger partial charge in [0.25, 0.3) is 0 Å². The van der Waals surface area contributed by atoms with Crippen LogP contribution in [0.5, 0.6) is 0 Å². The minimum absolute atomic E-state index is 0.0552. The fourth-order valence-electron chi connectivity index (χ4n) is 1.33. The predicted octanol–water partition coefficient (Wildman–Crippen LogP) is 1.56. The van der Waals surface area contributed by atoms with Gasteiger partial charge < -0.3 is 15.2 Å². The molecule has 0 rings (SSSR count). The average molecular weight is 245 g/mol. The Morgan fingerprint density at radius 3 is 2.41 bits per heavy atom. The molecular weight excluding hydrogens is 222 g/mol. The minimum atomic E-state index is -0.849. The Balaban J connectivity index is 3.80. The minimum Gasteiger partial charge on any atom is -0.481 e. The standard InChI is InChI=1S/C12H23NO4/c1-4-8-17-9-6-10(14)13-12(2,3)7-5-11(15)16/h4-9H2,1-3H3,(H,13,14)(H,15,16). The molecule has 0 aromatic heterocycles. The van der Waals surface area contributed by atoms with E-state index < -0.39 is 11.5 Å². The first-order valence-corrected chi connectivity index (χ1v) is 5.98. The van der Waals surface area contributed by atoms with Crippen LogP contribution in [0.3, 0.4) is 0 Å². The molecule has 0 spiro atoms. The topological polar surface area (TPSA) is 75.6 Å². The van der Waals surface area contributed by atoms with Crippen molar-refractivity contribution in [3.8, 4) is 0 Å². The van der Waals surface area contributed by atoms with Crippen LogP contribution in [0.25, 0.3) is 0 Å². The fourth-order valence-corrected chi connectivity index (χ4v) is 1.33. The molecule has 5 nitrogen and oxygen atoms in total. The highest BCUT2D eigenvalue weighted by molar-refractivity contribution is 5.77. The van der Waals surface area contributed by atoms with Gasteiger partial charge in [-0.05, 0) is 26.7 Å². The summed E-state index contributed by atoms with van der Waals surface area (Å²) in [7, 11) is 0. The zero-order chi connectivity index (χ0) is 13.3. The third kappa shape index (κ3) is 9.81. The molecule has 0 radical (unpaired) electrons. The van der Waals surface area contributed by atoms with Crippen LogP contribution < -0.4 is 5.32 Å². The third-order valence-corrected chi connectivity index (χ3v) is 2.26. The average Bonchev–Trinajstić information content (AvgIpc) is 2.21. The summed E-state index contributed by atoms with van der Waals surface area (Å²) < 4.78 is 5.21. The highest BCUT2D eigenvalue weighted by Gasteiger charge is 2.21. The van der Waals surface area contributed by atoms with E-state index in [9.17, 15) is 9.59 Å². The van der Waals surface area contributed by atoms with Crippen LogP contribution in [-0.2, 0) is 14.3 Å². The normalized spacial score (nSPS) is 11.2. The number of carbonyl (C=O) groups excluding carboxylic acids is 1. The van der Waals surface area contributed by atoms with Crippen molar-refractivity contribution in [2.45, 2.75) is 52.0 Å². The van der Waals surface area contributed by atoms with Crippen molar-refractivity contribution < 1.29 is 19.4 Å². The van der Waals surface area contributed by atoms with Gasteiger partial charge in [0.2, 0.25) is 5.91 Å². The lowest BCUT2D eigenvalue weighted by molar-refractivity contribution is -0.138. The molecule has 0 aliphatic carbocycles. The summed E-state index contributed by atoms with van der Waals surface area (Å²) in [5.74, 6) is -0.949. The molecule has 2 N–H and O–H groups in total. The highest BCUT2D eigenvalue weighted by atomic mass is 16.5. The smallest absolute Gasteiger partial charge is 0.303 e. The molecule has 0 aliphatic rings. The number of hydrogen-bond donors (Lipinski definition) is 2. The van der Waals surface area contributed by atoms with Crippen molar-refractivity contribution in [2.75, 3.05) is 13.2 Å². The van der Waals surface area contributed by atoms with Gasteiger partial charge in [0.05, 0.1) is 6.61 Å². The second kappa shape index (κ2) is 8.06. The second-order valence-electron chi connectivity index (χ2n) is 4.69. The summed E-state index contributed by atoms with van der Waals surface area (Å²) in [4.78, 5) is 22.0. The summed E-state index contributed by atoms with van der Waals surface area (Å²) in [6.45, 7) is 6.72. The van der Waals surface area contributed by atoms with Crippen LogP contribution >= 0.6 is 0 Å². The number of hydrogen-bond acceptors (Lipinski definition) is 3. The van der Waals surface area contributed by atoms with Crippen molar-refractivity contribution in [1.82, 2.24) is 5.32 Å². The zero-order valence-electron chi connectivity index (χ0n) is 10.9. The molecule has 0 saturated heterocycles. The maximum atomic E-state index is 11.5. The van der Waals surface area contributed by atoms with E-state index in [1.165, 1.54) is 0 Å². The first-order chi connectivity index (χ1) is 7.87. The van der Waals surface area contributed by atoms with Gasteiger partial charge in [-0.25, -0.2) is 0 Å². The van der Waals surface area contributed by atoms with Gasteiger partial charge in [-0.2, -0.15) is 0 Å². The van der Waals surface area contributed by atoms with Crippen LogP contribution in [-0.4, -0.2) is 35.7 Å². The number of carboxylic acids is 1. The monoisotopic (exact) mass is 245 g/mol. The summed E-state index contributed by atoms with van der Waals surface area (Å²) in [5, 5.41) is 11.4. The van der Waals surface area contributed by atoms with Crippen LogP contribution in [0.15, 0.2) is 0 Å². The molecule has 1 amide bonds. The lowest BCUT2D eigenvalue weighted by Crippen LogP contribution is -2.44.